The highest BCUT2D eigenvalue weighted by molar-refractivity contribution is 6.02. The number of alkyl carbamates (subject to hydrolysis) is 3. The minimum atomic E-state index is -1.33. The van der Waals surface area contributed by atoms with E-state index in [9.17, 15) is 28.8 Å². The lowest BCUT2D eigenvalue weighted by Crippen LogP contribution is -2.47. The van der Waals surface area contributed by atoms with Crippen molar-refractivity contribution >= 4 is 42.0 Å². The van der Waals surface area contributed by atoms with Gasteiger partial charge in [-0.25, -0.2) is 19.2 Å². The number of guanidine groups is 1. The molecule has 0 spiro atoms. The fourth-order valence-electron chi connectivity index (χ4n) is 3.82. The number of hydrogen-bond acceptors (Lipinski definition) is 11. The molecular formula is C31H37N5O10. The zero-order valence-electron chi connectivity index (χ0n) is 25.8. The monoisotopic (exact) mass is 639 g/mol. The van der Waals surface area contributed by atoms with Crippen LogP contribution in [0.2, 0.25) is 0 Å². The molecule has 1 heterocycles. The summed E-state index contributed by atoms with van der Waals surface area (Å²) in [6, 6.07) is 16.5. The van der Waals surface area contributed by atoms with Crippen LogP contribution < -0.4 is 16.0 Å². The topological polar surface area (TPSA) is 191 Å². The molecule has 0 saturated carbocycles. The highest BCUT2D eigenvalue weighted by Gasteiger charge is 2.35. The Hall–Kier alpha value is -5.47. The van der Waals surface area contributed by atoms with Crippen molar-refractivity contribution in [1.29, 1.82) is 0 Å². The van der Waals surface area contributed by atoms with E-state index in [-0.39, 0.29) is 51.4 Å². The van der Waals surface area contributed by atoms with Crippen LogP contribution in [0.3, 0.4) is 0 Å². The molecule has 3 rings (SSSR count). The SMILES string of the molecule is CC(C)(C)OC(=O)N[C@@H](CCCN=C(NC(=O)OCc1ccccc1)NC(=O)OCc1ccccc1)C(=O)ON1C(=O)CCC1=O. The van der Waals surface area contributed by atoms with Crippen LogP contribution in [0.1, 0.15) is 57.6 Å². The number of imide groups is 1. The molecular weight excluding hydrogens is 602 g/mol. The normalized spacial score (nSPS) is 13.2. The summed E-state index contributed by atoms with van der Waals surface area (Å²) in [6.45, 7) is 4.74. The van der Waals surface area contributed by atoms with Gasteiger partial charge in [-0.2, -0.15) is 0 Å². The maximum absolute atomic E-state index is 12.9. The summed E-state index contributed by atoms with van der Waals surface area (Å²) in [4.78, 5) is 83.3. The first-order valence-corrected chi connectivity index (χ1v) is 14.5. The molecule has 246 valence electrons. The van der Waals surface area contributed by atoms with E-state index < -0.39 is 47.7 Å². The third-order valence-electron chi connectivity index (χ3n) is 5.95. The number of nitrogens with one attached hydrogen (secondary N) is 3. The summed E-state index contributed by atoms with van der Waals surface area (Å²) in [7, 11) is 0. The number of benzene rings is 2. The van der Waals surface area contributed by atoms with E-state index in [0.717, 1.165) is 11.1 Å². The van der Waals surface area contributed by atoms with Crippen LogP contribution >= 0.6 is 0 Å². The zero-order chi connectivity index (χ0) is 33.5. The summed E-state index contributed by atoms with van der Waals surface area (Å²) in [6.07, 6.45) is -2.92. The maximum Gasteiger partial charge on any atom is 0.414 e. The molecule has 0 radical (unpaired) electrons. The van der Waals surface area contributed by atoms with Crippen LogP contribution in [-0.4, -0.2) is 65.3 Å². The van der Waals surface area contributed by atoms with E-state index in [1.54, 1.807) is 69.3 Å². The molecule has 1 saturated heterocycles. The Bertz CT molecular complexity index is 1330. The first-order valence-electron chi connectivity index (χ1n) is 14.5. The van der Waals surface area contributed by atoms with Crippen LogP contribution in [0.4, 0.5) is 14.4 Å². The molecule has 1 aliphatic rings. The van der Waals surface area contributed by atoms with Crippen molar-refractivity contribution in [3.63, 3.8) is 0 Å². The van der Waals surface area contributed by atoms with Crippen molar-refractivity contribution in [2.75, 3.05) is 6.54 Å². The van der Waals surface area contributed by atoms with Crippen molar-refractivity contribution in [3.05, 3.63) is 71.8 Å². The number of hydrogen-bond donors (Lipinski definition) is 3. The van der Waals surface area contributed by atoms with Gasteiger partial charge < -0.3 is 24.4 Å². The van der Waals surface area contributed by atoms with E-state index >= 15 is 0 Å². The lowest BCUT2D eigenvalue weighted by molar-refractivity contribution is -0.199. The lowest BCUT2D eigenvalue weighted by atomic mass is 10.1. The van der Waals surface area contributed by atoms with Gasteiger partial charge in [0, 0.05) is 19.4 Å². The van der Waals surface area contributed by atoms with E-state index in [2.05, 4.69) is 20.9 Å². The number of hydroxylamine groups is 2. The van der Waals surface area contributed by atoms with Crippen molar-refractivity contribution in [2.24, 2.45) is 4.99 Å². The second-order valence-corrected chi connectivity index (χ2v) is 10.9. The highest BCUT2D eigenvalue weighted by atomic mass is 16.7. The average molecular weight is 640 g/mol. The van der Waals surface area contributed by atoms with Gasteiger partial charge in [-0.15, -0.1) is 5.06 Å². The van der Waals surface area contributed by atoms with Gasteiger partial charge >= 0.3 is 24.2 Å². The Balaban J connectivity index is 1.64. The number of rotatable bonds is 11. The van der Waals surface area contributed by atoms with Gasteiger partial charge in [0.25, 0.3) is 11.8 Å². The fourth-order valence-corrected chi connectivity index (χ4v) is 3.82. The zero-order valence-corrected chi connectivity index (χ0v) is 25.8. The molecule has 2 aromatic carbocycles. The van der Waals surface area contributed by atoms with Crippen LogP contribution in [0.5, 0.6) is 0 Å². The number of nitrogens with zero attached hydrogens (tertiary/aromatic N) is 2. The molecule has 1 atom stereocenters. The quantitative estimate of drug-likeness (QED) is 0.108. The van der Waals surface area contributed by atoms with E-state index in [0.29, 0.717) is 5.06 Å². The average Bonchev–Trinajstić information content (AvgIpc) is 3.32. The molecule has 5 amide bonds. The minimum absolute atomic E-state index is 0.0411. The Kier molecular flexibility index (Phi) is 13.0. The lowest BCUT2D eigenvalue weighted by Gasteiger charge is -2.23. The molecule has 3 N–H and O–H groups in total. The third kappa shape index (κ3) is 12.6. The molecule has 0 bridgehead atoms. The molecule has 2 aromatic rings. The Morgan fingerprint density at radius 3 is 1.78 bits per heavy atom. The van der Waals surface area contributed by atoms with Crippen LogP contribution in [-0.2, 0) is 46.6 Å². The predicted molar refractivity (Wildman–Crippen MR) is 161 cm³/mol. The van der Waals surface area contributed by atoms with Gasteiger partial charge in [0.2, 0.25) is 5.96 Å². The molecule has 1 fully saturated rings. The minimum Gasteiger partial charge on any atom is -0.444 e. The Morgan fingerprint density at radius 1 is 0.804 bits per heavy atom. The second-order valence-electron chi connectivity index (χ2n) is 10.9. The highest BCUT2D eigenvalue weighted by Crippen LogP contribution is 2.14. The maximum atomic E-state index is 12.9. The van der Waals surface area contributed by atoms with Gasteiger partial charge in [0.1, 0.15) is 24.9 Å². The number of amides is 5. The largest absolute Gasteiger partial charge is 0.444 e. The summed E-state index contributed by atoms with van der Waals surface area (Å²) in [5.41, 5.74) is 0.596. The van der Waals surface area contributed by atoms with Crippen molar-refractivity contribution < 1.29 is 47.8 Å². The van der Waals surface area contributed by atoms with Crippen molar-refractivity contribution in [3.8, 4) is 0 Å². The van der Waals surface area contributed by atoms with E-state index in [1.165, 1.54) is 0 Å². The molecule has 0 aromatic heterocycles. The summed E-state index contributed by atoms with van der Waals surface area (Å²) >= 11 is 0. The van der Waals surface area contributed by atoms with Gasteiger partial charge in [-0.05, 0) is 44.7 Å². The van der Waals surface area contributed by atoms with Gasteiger partial charge in [-0.1, -0.05) is 60.7 Å². The van der Waals surface area contributed by atoms with Gasteiger partial charge in [0.05, 0.1) is 0 Å². The molecule has 46 heavy (non-hydrogen) atoms. The number of carbonyl (C=O) groups excluding carboxylic acids is 6. The molecule has 0 aliphatic carbocycles. The van der Waals surface area contributed by atoms with Crippen molar-refractivity contribution in [1.82, 2.24) is 21.0 Å². The van der Waals surface area contributed by atoms with Crippen LogP contribution in [0.15, 0.2) is 65.7 Å². The third-order valence-corrected chi connectivity index (χ3v) is 5.95. The van der Waals surface area contributed by atoms with Gasteiger partial charge in [0.15, 0.2) is 0 Å². The molecule has 15 heteroatoms. The van der Waals surface area contributed by atoms with Gasteiger partial charge in [-0.3, -0.25) is 25.2 Å². The fraction of sp³-hybridized carbons (Fsp3) is 0.387. The summed E-state index contributed by atoms with van der Waals surface area (Å²) < 4.78 is 15.6. The first kappa shape index (κ1) is 35.0. The summed E-state index contributed by atoms with van der Waals surface area (Å²) in [5, 5.41) is 7.47. The molecule has 0 unspecified atom stereocenters. The van der Waals surface area contributed by atoms with E-state index in [4.69, 9.17) is 19.0 Å². The van der Waals surface area contributed by atoms with Crippen LogP contribution in [0.25, 0.3) is 0 Å². The van der Waals surface area contributed by atoms with Crippen molar-refractivity contribution in [2.45, 2.75) is 71.3 Å². The molecule has 15 nitrogen and oxygen atoms in total. The Morgan fingerprint density at radius 2 is 1.30 bits per heavy atom. The summed E-state index contributed by atoms with van der Waals surface area (Å²) in [5.74, 6) is -2.72. The predicted octanol–water partition coefficient (Wildman–Crippen LogP) is 3.48. The van der Waals surface area contributed by atoms with Crippen LogP contribution in [0, 0.1) is 0 Å². The number of carbonyl (C=O) groups is 6. The standard InChI is InChI=1S/C31H37N5O10/c1-31(2,3)45-30(42)33-23(26(39)46-36-24(37)16-17-25(36)38)15-10-18-32-27(34-28(40)43-19-21-11-6-4-7-12-21)35-29(41)44-20-22-13-8-5-9-14-22/h4-9,11-14,23H,10,15-20H2,1-3H3,(H,33,42)(H2,32,34,35,40,41)/t23-/m0/s1. The number of ether oxygens (including phenoxy) is 3. The Labute approximate surface area is 265 Å². The second kappa shape index (κ2) is 17.1. The van der Waals surface area contributed by atoms with E-state index in [1.807, 2.05) is 12.1 Å². The smallest absolute Gasteiger partial charge is 0.414 e. The number of aliphatic imine (C=N–C) groups is 1. The first-order chi connectivity index (χ1) is 21.9. The molecule has 1 aliphatic heterocycles.